The van der Waals surface area contributed by atoms with Gasteiger partial charge < -0.3 is 9.47 Å². The van der Waals surface area contributed by atoms with Crippen LogP contribution in [0.4, 0.5) is 18.9 Å². The Morgan fingerprint density at radius 3 is 2.50 bits per heavy atom. The predicted molar refractivity (Wildman–Crippen MR) is 55.8 cm³/mol. The minimum atomic E-state index is -4.34. The monoisotopic (exact) mass is 265 g/mol. The molecule has 0 aromatic heterocycles. The maximum Gasteiger partial charge on any atom is 0.392 e. The highest BCUT2D eigenvalue weighted by Gasteiger charge is 2.27. The van der Waals surface area contributed by atoms with Crippen molar-refractivity contribution in [2.45, 2.75) is 12.6 Å². The molecule has 100 valence electrons. The molecule has 0 fully saturated rings. The average molecular weight is 265 g/mol. The summed E-state index contributed by atoms with van der Waals surface area (Å²) in [4.78, 5) is 9.84. The number of methoxy groups -OCH3 is 1. The second kappa shape index (κ2) is 5.56. The molecule has 0 bridgehead atoms. The van der Waals surface area contributed by atoms with Crippen LogP contribution in [-0.4, -0.2) is 24.8 Å². The normalized spacial score (nSPS) is 11.1. The molecule has 18 heavy (non-hydrogen) atoms. The topological polar surface area (TPSA) is 61.6 Å². The van der Waals surface area contributed by atoms with Crippen molar-refractivity contribution in [3.05, 3.63) is 28.3 Å². The van der Waals surface area contributed by atoms with Gasteiger partial charge in [-0.2, -0.15) is 13.2 Å². The molecule has 0 spiro atoms. The van der Waals surface area contributed by atoms with Crippen LogP contribution in [0.15, 0.2) is 18.2 Å². The van der Waals surface area contributed by atoms with Crippen LogP contribution in [-0.2, 0) is 0 Å². The summed E-state index contributed by atoms with van der Waals surface area (Å²) >= 11 is 0. The molecule has 0 N–H and O–H groups in total. The first-order chi connectivity index (χ1) is 8.33. The molecule has 0 atom stereocenters. The number of alkyl halides is 3. The van der Waals surface area contributed by atoms with Gasteiger partial charge in [-0.1, -0.05) is 0 Å². The summed E-state index contributed by atoms with van der Waals surface area (Å²) in [6.07, 6.45) is -5.48. The molecule has 0 aliphatic carbocycles. The third kappa shape index (κ3) is 4.11. The van der Waals surface area contributed by atoms with Crippen molar-refractivity contribution in [1.82, 2.24) is 0 Å². The molecule has 0 radical (unpaired) electrons. The Bertz CT molecular complexity index is 434. The molecule has 0 unspecified atom stereocenters. The second-order valence-corrected chi connectivity index (χ2v) is 3.31. The molecule has 1 aromatic carbocycles. The fraction of sp³-hybridized carbons (Fsp3) is 0.400. The summed E-state index contributed by atoms with van der Waals surface area (Å²) in [6.45, 7) is -0.624. The van der Waals surface area contributed by atoms with E-state index < -0.39 is 24.1 Å². The van der Waals surface area contributed by atoms with Gasteiger partial charge in [0, 0.05) is 6.07 Å². The fourth-order valence-electron chi connectivity index (χ4n) is 1.17. The molecular formula is C10H10F3NO4. The van der Waals surface area contributed by atoms with E-state index in [4.69, 9.17) is 9.47 Å². The van der Waals surface area contributed by atoms with Gasteiger partial charge in [0.2, 0.25) is 0 Å². The molecule has 0 amide bonds. The van der Waals surface area contributed by atoms with E-state index in [1.54, 1.807) is 0 Å². The molecule has 1 rings (SSSR count). The SMILES string of the molecule is COc1ccc([N+](=O)[O-])cc1OCCC(F)(F)F. The van der Waals surface area contributed by atoms with E-state index in [9.17, 15) is 23.3 Å². The number of hydrogen-bond acceptors (Lipinski definition) is 4. The summed E-state index contributed by atoms with van der Waals surface area (Å²) in [6, 6.07) is 3.46. The number of hydrogen-bond donors (Lipinski definition) is 0. The number of benzene rings is 1. The highest BCUT2D eigenvalue weighted by Crippen LogP contribution is 2.31. The van der Waals surface area contributed by atoms with Gasteiger partial charge in [-0.05, 0) is 6.07 Å². The van der Waals surface area contributed by atoms with Crippen LogP contribution < -0.4 is 9.47 Å². The second-order valence-electron chi connectivity index (χ2n) is 3.31. The number of non-ortho nitro benzene ring substituents is 1. The van der Waals surface area contributed by atoms with E-state index in [-0.39, 0.29) is 17.2 Å². The number of nitro groups is 1. The van der Waals surface area contributed by atoms with Crippen LogP contribution in [0.2, 0.25) is 0 Å². The van der Waals surface area contributed by atoms with Gasteiger partial charge in [0.15, 0.2) is 11.5 Å². The molecule has 0 heterocycles. The van der Waals surface area contributed by atoms with E-state index >= 15 is 0 Å². The molecule has 0 saturated heterocycles. The first kappa shape index (κ1) is 14.1. The van der Waals surface area contributed by atoms with Crippen LogP contribution in [0.1, 0.15) is 6.42 Å². The summed E-state index contributed by atoms with van der Waals surface area (Å²) in [5, 5.41) is 10.5. The van der Waals surface area contributed by atoms with E-state index in [0.717, 1.165) is 6.07 Å². The van der Waals surface area contributed by atoms with Crippen LogP contribution in [0.3, 0.4) is 0 Å². The van der Waals surface area contributed by atoms with Crippen molar-refractivity contribution in [3.63, 3.8) is 0 Å². The maximum absolute atomic E-state index is 11.9. The lowest BCUT2D eigenvalue weighted by molar-refractivity contribution is -0.385. The van der Waals surface area contributed by atoms with Crippen molar-refractivity contribution in [2.75, 3.05) is 13.7 Å². The Morgan fingerprint density at radius 1 is 1.33 bits per heavy atom. The summed E-state index contributed by atoms with van der Waals surface area (Å²) in [5.74, 6) is 0.0544. The van der Waals surface area contributed by atoms with Crippen molar-refractivity contribution < 1.29 is 27.6 Å². The molecular weight excluding hydrogens is 255 g/mol. The Kier molecular flexibility index (Phi) is 4.35. The number of halogens is 3. The molecule has 8 heteroatoms. The van der Waals surface area contributed by atoms with Crippen molar-refractivity contribution in [2.24, 2.45) is 0 Å². The maximum atomic E-state index is 11.9. The largest absolute Gasteiger partial charge is 0.493 e. The van der Waals surface area contributed by atoms with Gasteiger partial charge in [0.25, 0.3) is 5.69 Å². The van der Waals surface area contributed by atoms with Gasteiger partial charge in [0.1, 0.15) is 0 Å². The average Bonchev–Trinajstić information content (AvgIpc) is 2.27. The van der Waals surface area contributed by atoms with Crippen molar-refractivity contribution >= 4 is 5.69 Å². The Morgan fingerprint density at radius 2 is 2.00 bits per heavy atom. The molecule has 0 aliphatic rings. The summed E-state index contributed by atoms with van der Waals surface area (Å²) in [7, 11) is 1.29. The molecule has 1 aromatic rings. The van der Waals surface area contributed by atoms with Crippen LogP contribution >= 0.6 is 0 Å². The van der Waals surface area contributed by atoms with Crippen molar-refractivity contribution in [3.8, 4) is 11.5 Å². The van der Waals surface area contributed by atoms with Gasteiger partial charge >= 0.3 is 6.18 Å². The number of nitrogens with zero attached hydrogens (tertiary/aromatic N) is 1. The summed E-state index contributed by atoms with van der Waals surface area (Å²) < 4.78 is 45.5. The first-order valence-electron chi connectivity index (χ1n) is 4.85. The lowest BCUT2D eigenvalue weighted by Gasteiger charge is -2.11. The number of rotatable bonds is 5. The molecule has 0 aliphatic heterocycles. The third-order valence-electron chi connectivity index (χ3n) is 2.00. The van der Waals surface area contributed by atoms with Crippen LogP contribution in [0.5, 0.6) is 11.5 Å². The summed E-state index contributed by atoms with van der Waals surface area (Å²) in [5.41, 5.74) is -0.280. The number of nitro benzene ring substituents is 1. The van der Waals surface area contributed by atoms with E-state index in [0.29, 0.717) is 0 Å². The third-order valence-corrected chi connectivity index (χ3v) is 2.00. The number of ether oxygens (including phenoxy) is 2. The Balaban J connectivity index is 2.78. The zero-order valence-electron chi connectivity index (χ0n) is 9.36. The van der Waals surface area contributed by atoms with E-state index in [1.807, 2.05) is 0 Å². The Labute approximate surface area is 100 Å². The Hall–Kier alpha value is -1.99. The van der Waals surface area contributed by atoms with Gasteiger partial charge in [-0.3, -0.25) is 10.1 Å². The predicted octanol–water partition coefficient (Wildman–Crippen LogP) is 2.93. The van der Waals surface area contributed by atoms with Crippen LogP contribution in [0.25, 0.3) is 0 Å². The van der Waals surface area contributed by atoms with E-state index in [2.05, 4.69) is 0 Å². The minimum Gasteiger partial charge on any atom is -0.493 e. The standard InChI is InChI=1S/C10H10F3NO4/c1-17-8-3-2-7(14(15)16)6-9(8)18-5-4-10(11,12)13/h2-3,6H,4-5H2,1H3. The highest BCUT2D eigenvalue weighted by molar-refractivity contribution is 5.48. The van der Waals surface area contributed by atoms with Gasteiger partial charge in [0.05, 0.1) is 31.1 Å². The van der Waals surface area contributed by atoms with Crippen LogP contribution in [0, 0.1) is 10.1 Å². The zero-order chi connectivity index (χ0) is 13.8. The smallest absolute Gasteiger partial charge is 0.392 e. The van der Waals surface area contributed by atoms with Crippen molar-refractivity contribution in [1.29, 1.82) is 0 Å². The lowest BCUT2D eigenvalue weighted by Crippen LogP contribution is -2.13. The van der Waals surface area contributed by atoms with E-state index in [1.165, 1.54) is 19.2 Å². The van der Waals surface area contributed by atoms with Gasteiger partial charge in [-0.25, -0.2) is 0 Å². The highest BCUT2D eigenvalue weighted by atomic mass is 19.4. The zero-order valence-corrected chi connectivity index (χ0v) is 9.36. The fourth-order valence-corrected chi connectivity index (χ4v) is 1.17. The minimum absolute atomic E-state index is 0.0871. The quantitative estimate of drug-likeness (QED) is 0.606. The molecule has 0 saturated carbocycles. The van der Waals surface area contributed by atoms with Gasteiger partial charge in [-0.15, -0.1) is 0 Å². The molecule has 5 nitrogen and oxygen atoms in total. The lowest BCUT2D eigenvalue weighted by atomic mass is 10.3. The first-order valence-corrected chi connectivity index (χ1v) is 4.85.